The van der Waals surface area contributed by atoms with Gasteiger partial charge in [-0.25, -0.2) is 15.0 Å². The lowest BCUT2D eigenvalue weighted by molar-refractivity contribution is 1.07. The second-order valence-corrected chi connectivity index (χ2v) is 11.7. The highest BCUT2D eigenvalue weighted by Crippen LogP contribution is 2.39. The van der Waals surface area contributed by atoms with Crippen molar-refractivity contribution in [3.8, 4) is 56.4 Å². The van der Waals surface area contributed by atoms with Gasteiger partial charge in [0.15, 0.2) is 17.5 Å². The van der Waals surface area contributed by atoms with Crippen LogP contribution in [0.4, 0.5) is 0 Å². The molecule has 0 saturated carbocycles. The molecule has 0 radical (unpaired) electrons. The van der Waals surface area contributed by atoms with Crippen LogP contribution in [0.1, 0.15) is 11.3 Å². The predicted molar refractivity (Wildman–Crippen MR) is 189 cm³/mol. The van der Waals surface area contributed by atoms with Crippen LogP contribution in [0.5, 0.6) is 0 Å². The largest absolute Gasteiger partial charge is 0.261 e. The quantitative estimate of drug-likeness (QED) is 0.187. The minimum absolute atomic E-state index is 0.624. The molecule has 0 unspecified atom stereocenters. The number of hydrogen-bond acceptors (Lipinski definition) is 4. The van der Waals surface area contributed by atoms with Crippen molar-refractivity contribution in [2.24, 2.45) is 0 Å². The van der Waals surface area contributed by atoms with Gasteiger partial charge in [0.2, 0.25) is 0 Å². The Bertz CT molecular complexity index is 2320. The molecule has 0 amide bonds. The maximum absolute atomic E-state index is 5.08. The van der Waals surface area contributed by atoms with Gasteiger partial charge in [-0.2, -0.15) is 0 Å². The zero-order chi connectivity index (χ0) is 31.0. The van der Waals surface area contributed by atoms with Crippen molar-refractivity contribution in [3.63, 3.8) is 0 Å². The molecule has 0 aliphatic rings. The smallest absolute Gasteiger partial charge is 0.164 e. The number of pyridine rings is 1. The topological polar surface area (TPSA) is 51.6 Å². The molecular formula is C42H30N4. The van der Waals surface area contributed by atoms with Gasteiger partial charge in [-0.1, -0.05) is 109 Å². The van der Waals surface area contributed by atoms with Crippen molar-refractivity contribution in [3.05, 3.63) is 157 Å². The molecule has 2 aromatic heterocycles. The van der Waals surface area contributed by atoms with Gasteiger partial charge in [0.05, 0.1) is 0 Å². The Morgan fingerprint density at radius 1 is 0.391 bits per heavy atom. The van der Waals surface area contributed by atoms with Crippen molar-refractivity contribution in [2.45, 2.75) is 13.8 Å². The van der Waals surface area contributed by atoms with Crippen LogP contribution in [0, 0.1) is 13.8 Å². The SMILES string of the molecule is Cc1cc(C)c(-c2cc(-c3nc(-c4ccccc4)nc(-c4ccccc4)n3)cc(-c3cc4ccccc4c4ccccc34)c2)cn1. The molecule has 2 heterocycles. The third-order valence-corrected chi connectivity index (χ3v) is 8.53. The van der Waals surface area contributed by atoms with Crippen LogP contribution in [0.25, 0.3) is 78.0 Å². The Morgan fingerprint density at radius 3 is 1.52 bits per heavy atom. The maximum atomic E-state index is 5.08. The van der Waals surface area contributed by atoms with E-state index in [9.17, 15) is 0 Å². The molecule has 0 bridgehead atoms. The minimum Gasteiger partial charge on any atom is -0.261 e. The Kier molecular flexibility index (Phi) is 6.88. The van der Waals surface area contributed by atoms with Crippen LogP contribution in [0.2, 0.25) is 0 Å². The van der Waals surface area contributed by atoms with Gasteiger partial charge in [-0.15, -0.1) is 0 Å². The van der Waals surface area contributed by atoms with Crippen LogP contribution in [0.15, 0.2) is 146 Å². The highest BCUT2D eigenvalue weighted by Gasteiger charge is 2.17. The van der Waals surface area contributed by atoms with Crippen molar-refractivity contribution in [2.75, 3.05) is 0 Å². The summed E-state index contributed by atoms with van der Waals surface area (Å²) in [6.07, 6.45) is 1.98. The molecule has 0 aliphatic heterocycles. The molecule has 46 heavy (non-hydrogen) atoms. The van der Waals surface area contributed by atoms with Gasteiger partial charge in [0, 0.05) is 34.1 Å². The van der Waals surface area contributed by atoms with Crippen LogP contribution < -0.4 is 0 Å². The molecule has 0 saturated heterocycles. The van der Waals surface area contributed by atoms with Crippen molar-refractivity contribution in [1.82, 2.24) is 19.9 Å². The summed E-state index contributed by atoms with van der Waals surface area (Å²) in [5, 5.41) is 4.88. The molecule has 4 nitrogen and oxygen atoms in total. The highest BCUT2D eigenvalue weighted by molar-refractivity contribution is 6.14. The molecule has 218 valence electrons. The fourth-order valence-electron chi connectivity index (χ4n) is 6.30. The van der Waals surface area contributed by atoms with Crippen LogP contribution in [0.3, 0.4) is 0 Å². The first-order valence-corrected chi connectivity index (χ1v) is 15.5. The van der Waals surface area contributed by atoms with E-state index in [-0.39, 0.29) is 0 Å². The summed E-state index contributed by atoms with van der Waals surface area (Å²) in [4.78, 5) is 19.8. The molecule has 8 rings (SSSR count). The average molecular weight is 591 g/mol. The molecule has 6 aromatic carbocycles. The van der Waals surface area contributed by atoms with Crippen LogP contribution >= 0.6 is 0 Å². The first-order valence-electron chi connectivity index (χ1n) is 15.5. The van der Waals surface area contributed by atoms with E-state index in [1.165, 1.54) is 27.1 Å². The van der Waals surface area contributed by atoms with Crippen molar-refractivity contribution < 1.29 is 0 Å². The van der Waals surface area contributed by atoms with Gasteiger partial charge in [-0.3, -0.25) is 4.98 Å². The molecular weight excluding hydrogens is 560 g/mol. The number of aryl methyl sites for hydroxylation is 2. The van der Waals surface area contributed by atoms with Crippen LogP contribution in [-0.2, 0) is 0 Å². The van der Waals surface area contributed by atoms with E-state index in [0.717, 1.165) is 44.6 Å². The molecule has 8 aromatic rings. The number of nitrogens with zero attached hydrogens (tertiary/aromatic N) is 4. The van der Waals surface area contributed by atoms with E-state index in [2.05, 4.69) is 90.8 Å². The first kappa shape index (κ1) is 27.5. The van der Waals surface area contributed by atoms with Gasteiger partial charge >= 0.3 is 0 Å². The van der Waals surface area contributed by atoms with E-state index < -0.39 is 0 Å². The summed E-state index contributed by atoms with van der Waals surface area (Å²) in [6.45, 7) is 4.17. The Balaban J connectivity index is 1.42. The van der Waals surface area contributed by atoms with E-state index in [1.807, 2.05) is 73.8 Å². The molecule has 0 spiro atoms. The molecule has 4 heteroatoms. The highest BCUT2D eigenvalue weighted by atomic mass is 15.0. The molecule has 0 atom stereocenters. The normalized spacial score (nSPS) is 11.3. The summed E-state index contributed by atoms with van der Waals surface area (Å²) >= 11 is 0. The minimum atomic E-state index is 0.624. The summed E-state index contributed by atoms with van der Waals surface area (Å²) in [7, 11) is 0. The number of aromatic nitrogens is 4. The molecule has 0 aliphatic carbocycles. The zero-order valence-electron chi connectivity index (χ0n) is 25.6. The third-order valence-electron chi connectivity index (χ3n) is 8.53. The van der Waals surface area contributed by atoms with Gasteiger partial charge in [0.25, 0.3) is 0 Å². The fraction of sp³-hybridized carbons (Fsp3) is 0.0476. The lowest BCUT2D eigenvalue weighted by Gasteiger charge is -2.16. The van der Waals surface area contributed by atoms with Crippen LogP contribution in [-0.4, -0.2) is 19.9 Å². The number of benzene rings is 6. The lowest BCUT2D eigenvalue weighted by atomic mass is 9.90. The third kappa shape index (κ3) is 5.10. The van der Waals surface area contributed by atoms with E-state index in [0.29, 0.717) is 17.5 Å². The number of rotatable bonds is 5. The average Bonchev–Trinajstić information content (AvgIpc) is 3.11. The van der Waals surface area contributed by atoms with E-state index in [4.69, 9.17) is 15.0 Å². The van der Waals surface area contributed by atoms with E-state index in [1.54, 1.807) is 0 Å². The standard InChI is InChI=1S/C42H30N4/c1-27-21-28(2)43-26-39(27)33-22-32(38-25-31-17-9-10-18-35(31)36-19-11-12-20-37(36)38)23-34(24-33)42-45-40(29-13-5-3-6-14-29)44-41(46-42)30-15-7-4-8-16-30/h3-26H,1-2H3. The Labute approximate surface area is 268 Å². The summed E-state index contributed by atoms with van der Waals surface area (Å²) < 4.78 is 0. The second-order valence-electron chi connectivity index (χ2n) is 11.7. The Morgan fingerprint density at radius 2 is 0.891 bits per heavy atom. The molecule has 0 N–H and O–H groups in total. The summed E-state index contributed by atoms with van der Waals surface area (Å²) in [5.41, 5.74) is 9.38. The number of fused-ring (bicyclic) bond motifs is 3. The molecule has 0 fully saturated rings. The maximum Gasteiger partial charge on any atom is 0.164 e. The van der Waals surface area contributed by atoms with Gasteiger partial charge < -0.3 is 0 Å². The summed E-state index contributed by atoms with van der Waals surface area (Å²) in [6, 6.07) is 48.6. The lowest BCUT2D eigenvalue weighted by Crippen LogP contribution is -2.00. The fourth-order valence-corrected chi connectivity index (χ4v) is 6.30. The first-order chi connectivity index (χ1) is 22.6. The monoisotopic (exact) mass is 590 g/mol. The van der Waals surface area contributed by atoms with Crippen molar-refractivity contribution in [1.29, 1.82) is 0 Å². The zero-order valence-corrected chi connectivity index (χ0v) is 25.6. The van der Waals surface area contributed by atoms with Crippen molar-refractivity contribution >= 4 is 21.5 Å². The number of hydrogen-bond donors (Lipinski definition) is 0. The Hall–Kier alpha value is -6.00. The van der Waals surface area contributed by atoms with Gasteiger partial charge in [-0.05, 0) is 88.0 Å². The predicted octanol–water partition coefficient (Wildman–Crippen LogP) is 10.5. The second kappa shape index (κ2) is 11.5. The summed E-state index contributed by atoms with van der Waals surface area (Å²) in [5.74, 6) is 1.90. The van der Waals surface area contributed by atoms with E-state index >= 15 is 0 Å². The van der Waals surface area contributed by atoms with Gasteiger partial charge in [0.1, 0.15) is 0 Å².